The van der Waals surface area contributed by atoms with Gasteiger partial charge in [-0.05, 0) is 49.1 Å². The quantitative estimate of drug-likeness (QED) is 0.672. The number of carbonyl (C=O) groups excluding carboxylic acids is 1. The van der Waals surface area contributed by atoms with Crippen LogP contribution in [0, 0.1) is 0 Å². The Kier molecular flexibility index (Phi) is 6.55. The summed E-state index contributed by atoms with van der Waals surface area (Å²) in [5.74, 6) is 0.302. The number of likely N-dealkylation sites (N-methyl/N-ethyl adjacent to an activating group) is 1. The van der Waals surface area contributed by atoms with Crippen LogP contribution in [0.2, 0.25) is 0 Å². The van der Waals surface area contributed by atoms with E-state index in [1.807, 2.05) is 36.2 Å². The number of rotatable bonds is 5. The number of fused-ring (bicyclic) bond motifs is 1. The number of anilines is 1. The van der Waals surface area contributed by atoms with E-state index in [0.29, 0.717) is 25.3 Å². The molecule has 0 bridgehead atoms. The molecule has 7 nitrogen and oxygen atoms in total. The maximum absolute atomic E-state index is 13.8. The molecule has 0 radical (unpaired) electrons. The van der Waals surface area contributed by atoms with Crippen LogP contribution in [-0.2, 0) is 21.4 Å². The molecule has 9 heteroatoms. The third-order valence-corrected chi connectivity index (χ3v) is 8.12. The Balaban J connectivity index is 1.74. The molecule has 166 valence electrons. The fourth-order valence-electron chi connectivity index (χ4n) is 3.96. The molecule has 1 unspecified atom stereocenters. The molecule has 31 heavy (non-hydrogen) atoms. The lowest BCUT2D eigenvalue weighted by atomic mass is 10.1. The normalized spacial score (nSPS) is 19.4. The van der Waals surface area contributed by atoms with E-state index in [-0.39, 0.29) is 17.3 Å². The number of benzene rings is 2. The monoisotopic (exact) mass is 507 g/mol. The largest absolute Gasteiger partial charge is 0.490 e. The Morgan fingerprint density at radius 2 is 1.97 bits per heavy atom. The lowest BCUT2D eigenvalue weighted by Gasteiger charge is -2.31. The maximum atomic E-state index is 13.8. The summed E-state index contributed by atoms with van der Waals surface area (Å²) in [7, 11) is -2.00. The molecule has 0 aliphatic carbocycles. The van der Waals surface area contributed by atoms with Crippen molar-refractivity contribution in [3.8, 4) is 5.75 Å². The SMILES string of the molecule is CN1CCOc2cc(S(=O)(=O)N(Cc3ccc(Br)cc3)C3CCCCNC3=O)ccc21. The number of sulfonamides is 1. The van der Waals surface area contributed by atoms with Gasteiger partial charge in [0.05, 0.1) is 17.1 Å². The molecule has 2 aliphatic rings. The van der Waals surface area contributed by atoms with Crippen molar-refractivity contribution in [2.24, 2.45) is 0 Å². The van der Waals surface area contributed by atoms with Crippen LogP contribution < -0.4 is 15.0 Å². The fraction of sp³-hybridized carbons (Fsp3) is 0.409. The van der Waals surface area contributed by atoms with Crippen molar-refractivity contribution in [2.75, 3.05) is 31.6 Å². The first-order valence-corrected chi connectivity index (χ1v) is 12.6. The second-order valence-electron chi connectivity index (χ2n) is 7.88. The minimum Gasteiger partial charge on any atom is -0.490 e. The van der Waals surface area contributed by atoms with Crippen LogP contribution in [0.3, 0.4) is 0 Å². The smallest absolute Gasteiger partial charge is 0.244 e. The maximum Gasteiger partial charge on any atom is 0.244 e. The fourth-order valence-corrected chi connectivity index (χ4v) is 5.85. The number of carbonyl (C=O) groups is 1. The van der Waals surface area contributed by atoms with Crippen molar-refractivity contribution < 1.29 is 17.9 Å². The van der Waals surface area contributed by atoms with E-state index < -0.39 is 16.1 Å². The minimum absolute atomic E-state index is 0.117. The summed E-state index contributed by atoms with van der Waals surface area (Å²) in [4.78, 5) is 15.0. The summed E-state index contributed by atoms with van der Waals surface area (Å²) >= 11 is 3.41. The molecule has 2 heterocycles. The van der Waals surface area contributed by atoms with Gasteiger partial charge in [-0.1, -0.05) is 28.1 Å². The zero-order valence-corrected chi connectivity index (χ0v) is 19.8. The molecule has 2 aromatic rings. The average Bonchev–Trinajstić information content (AvgIpc) is 2.97. The molecule has 1 amide bonds. The zero-order valence-electron chi connectivity index (χ0n) is 17.4. The summed E-state index contributed by atoms with van der Waals surface area (Å²) in [5, 5.41) is 2.87. The van der Waals surface area contributed by atoms with Gasteiger partial charge in [-0.15, -0.1) is 0 Å². The lowest BCUT2D eigenvalue weighted by Crippen LogP contribution is -2.48. The first kappa shape index (κ1) is 22.1. The second kappa shape index (κ2) is 9.18. The molecule has 0 spiro atoms. The Morgan fingerprint density at radius 1 is 1.19 bits per heavy atom. The molecule has 1 saturated heterocycles. The van der Waals surface area contributed by atoms with Crippen LogP contribution in [0.1, 0.15) is 24.8 Å². The Hall–Kier alpha value is -2.10. The van der Waals surface area contributed by atoms with Crippen molar-refractivity contribution in [3.63, 3.8) is 0 Å². The van der Waals surface area contributed by atoms with Crippen LogP contribution in [0.4, 0.5) is 5.69 Å². The number of nitrogens with zero attached hydrogens (tertiary/aromatic N) is 2. The third-order valence-electron chi connectivity index (χ3n) is 5.74. The highest BCUT2D eigenvalue weighted by atomic mass is 79.9. The highest BCUT2D eigenvalue weighted by Crippen LogP contribution is 2.35. The first-order chi connectivity index (χ1) is 14.9. The van der Waals surface area contributed by atoms with Gasteiger partial charge in [-0.2, -0.15) is 4.31 Å². The summed E-state index contributed by atoms with van der Waals surface area (Å²) in [6, 6.07) is 11.7. The number of nitrogens with one attached hydrogen (secondary N) is 1. The molecular formula is C22H26BrN3O4S. The van der Waals surface area contributed by atoms with Crippen molar-refractivity contribution in [3.05, 3.63) is 52.5 Å². The topological polar surface area (TPSA) is 79.0 Å². The van der Waals surface area contributed by atoms with Crippen molar-refractivity contribution in [2.45, 2.75) is 36.7 Å². The highest BCUT2D eigenvalue weighted by molar-refractivity contribution is 9.10. The van der Waals surface area contributed by atoms with Gasteiger partial charge < -0.3 is 15.0 Å². The summed E-state index contributed by atoms with van der Waals surface area (Å²) in [5.41, 5.74) is 1.68. The van der Waals surface area contributed by atoms with Crippen LogP contribution >= 0.6 is 15.9 Å². The molecule has 1 fully saturated rings. The zero-order chi connectivity index (χ0) is 22.0. The number of ether oxygens (including phenoxy) is 1. The second-order valence-corrected chi connectivity index (χ2v) is 10.7. The van der Waals surface area contributed by atoms with Gasteiger partial charge in [0.2, 0.25) is 15.9 Å². The van der Waals surface area contributed by atoms with Gasteiger partial charge >= 0.3 is 0 Å². The van der Waals surface area contributed by atoms with E-state index in [0.717, 1.165) is 35.1 Å². The predicted octanol–water partition coefficient (Wildman–Crippen LogP) is 3.14. The van der Waals surface area contributed by atoms with Gasteiger partial charge in [-0.25, -0.2) is 8.42 Å². The molecule has 1 atom stereocenters. The van der Waals surface area contributed by atoms with Gasteiger partial charge in [-0.3, -0.25) is 4.79 Å². The molecule has 0 saturated carbocycles. The van der Waals surface area contributed by atoms with Crippen molar-refractivity contribution in [1.29, 1.82) is 0 Å². The summed E-state index contributed by atoms with van der Waals surface area (Å²) in [6.07, 6.45) is 2.12. The van der Waals surface area contributed by atoms with Crippen molar-refractivity contribution in [1.82, 2.24) is 9.62 Å². The third kappa shape index (κ3) is 4.73. The Morgan fingerprint density at radius 3 is 2.74 bits per heavy atom. The summed E-state index contributed by atoms with van der Waals surface area (Å²) in [6.45, 7) is 1.93. The predicted molar refractivity (Wildman–Crippen MR) is 123 cm³/mol. The van der Waals surface area contributed by atoms with Crippen LogP contribution in [0.15, 0.2) is 51.8 Å². The molecule has 2 aromatic carbocycles. The van der Waals surface area contributed by atoms with E-state index >= 15 is 0 Å². The number of hydrogen-bond donors (Lipinski definition) is 1. The summed E-state index contributed by atoms with van der Waals surface area (Å²) < 4.78 is 35.6. The number of hydrogen-bond acceptors (Lipinski definition) is 5. The minimum atomic E-state index is -3.95. The van der Waals surface area contributed by atoms with E-state index in [9.17, 15) is 13.2 Å². The van der Waals surface area contributed by atoms with Gasteiger partial charge in [0.25, 0.3) is 0 Å². The standard InChI is InChI=1S/C22H26BrN3O4S/c1-25-12-13-30-21-14-18(9-10-19(21)25)31(28,29)26(15-16-5-7-17(23)8-6-16)20-4-2-3-11-24-22(20)27/h5-10,14,20H,2-4,11-13,15H2,1H3,(H,24,27). The van der Waals surface area contributed by atoms with Crippen LogP contribution in [0.5, 0.6) is 5.75 Å². The Labute approximate surface area is 191 Å². The van der Waals surface area contributed by atoms with Crippen molar-refractivity contribution >= 4 is 37.5 Å². The highest BCUT2D eigenvalue weighted by Gasteiger charge is 2.37. The van der Waals surface area contributed by atoms with E-state index in [1.165, 1.54) is 4.31 Å². The number of amides is 1. The van der Waals surface area contributed by atoms with E-state index in [2.05, 4.69) is 21.2 Å². The molecule has 0 aromatic heterocycles. The molecule has 4 rings (SSSR count). The first-order valence-electron chi connectivity index (χ1n) is 10.4. The molecule has 1 N–H and O–H groups in total. The molecule has 2 aliphatic heterocycles. The van der Waals surface area contributed by atoms with E-state index in [4.69, 9.17) is 4.74 Å². The van der Waals surface area contributed by atoms with E-state index in [1.54, 1.807) is 18.2 Å². The Bertz CT molecular complexity index is 1060. The van der Waals surface area contributed by atoms with Crippen LogP contribution in [-0.4, -0.2) is 51.4 Å². The van der Waals surface area contributed by atoms with Gasteiger partial charge in [0, 0.05) is 30.7 Å². The average molecular weight is 508 g/mol. The van der Waals surface area contributed by atoms with Gasteiger partial charge in [0.15, 0.2) is 0 Å². The number of halogens is 1. The van der Waals surface area contributed by atoms with Gasteiger partial charge in [0.1, 0.15) is 18.4 Å². The lowest BCUT2D eigenvalue weighted by molar-refractivity contribution is -0.124. The molecular weight excluding hydrogens is 482 g/mol. The van der Waals surface area contributed by atoms with Crippen LogP contribution in [0.25, 0.3) is 0 Å².